The van der Waals surface area contributed by atoms with E-state index in [1.807, 2.05) is 0 Å². The highest BCUT2D eigenvalue weighted by molar-refractivity contribution is 5.98. The largest absolute Gasteiger partial charge is 0.491 e. The molecule has 2 amide bonds. The molecule has 0 saturated heterocycles. The highest BCUT2D eigenvalue weighted by Gasteiger charge is 2.42. The molecular weight excluding hydrogens is 390 g/mol. The predicted octanol–water partition coefficient (Wildman–Crippen LogP) is -0.181. The molecule has 2 atom stereocenters. The lowest BCUT2D eigenvalue weighted by Gasteiger charge is -2.18. The fourth-order valence-electron chi connectivity index (χ4n) is 3.38. The normalized spacial score (nSPS) is 17.4. The standard InChI is InChI=1S/C21H25N3O6/c1-23(18-9-15(18)12-26)20(28)17-8-14(19(22)27)11-24(21(17)29)10-13-3-2-4-16(7-13)30-6-5-25/h2-4,7-8,11,15,18,25-26H,5-6,9-10,12H2,1H3,(H2,22,27)/t15-,18+/m1/s1. The van der Waals surface area contributed by atoms with Gasteiger partial charge in [0.25, 0.3) is 11.5 Å². The minimum absolute atomic E-state index is 0.00200. The van der Waals surface area contributed by atoms with Crippen LogP contribution < -0.4 is 16.0 Å². The molecule has 160 valence electrons. The van der Waals surface area contributed by atoms with Crippen molar-refractivity contribution in [1.82, 2.24) is 9.47 Å². The summed E-state index contributed by atoms with van der Waals surface area (Å²) in [7, 11) is 1.57. The summed E-state index contributed by atoms with van der Waals surface area (Å²) in [6, 6.07) is 8.04. The van der Waals surface area contributed by atoms with Crippen LogP contribution in [0.3, 0.4) is 0 Å². The molecule has 1 aliphatic carbocycles. The summed E-state index contributed by atoms with van der Waals surface area (Å²) in [5.41, 5.74) is 5.48. The smallest absolute Gasteiger partial charge is 0.263 e. The molecule has 30 heavy (non-hydrogen) atoms. The number of carbonyl (C=O) groups is 2. The third kappa shape index (κ3) is 4.69. The van der Waals surface area contributed by atoms with E-state index in [9.17, 15) is 19.5 Å². The van der Waals surface area contributed by atoms with E-state index >= 15 is 0 Å². The Hall–Kier alpha value is -3.17. The van der Waals surface area contributed by atoms with E-state index in [0.29, 0.717) is 17.7 Å². The number of nitrogens with two attached hydrogens (primary N) is 1. The second kappa shape index (κ2) is 9.10. The zero-order valence-electron chi connectivity index (χ0n) is 16.7. The molecule has 0 bridgehead atoms. The van der Waals surface area contributed by atoms with Crippen molar-refractivity contribution >= 4 is 11.8 Å². The summed E-state index contributed by atoms with van der Waals surface area (Å²) in [5, 5.41) is 18.1. The van der Waals surface area contributed by atoms with Crippen molar-refractivity contribution in [3.63, 3.8) is 0 Å². The number of aliphatic hydroxyl groups is 2. The van der Waals surface area contributed by atoms with E-state index in [-0.39, 0.29) is 49.5 Å². The number of carbonyl (C=O) groups excluding carboxylic acids is 2. The third-order valence-corrected chi connectivity index (χ3v) is 5.15. The lowest BCUT2D eigenvalue weighted by molar-refractivity contribution is 0.0769. The first-order valence-corrected chi connectivity index (χ1v) is 9.60. The molecule has 0 aliphatic heterocycles. The zero-order chi connectivity index (χ0) is 21.8. The molecule has 1 aromatic carbocycles. The molecule has 9 nitrogen and oxygen atoms in total. The first kappa shape index (κ1) is 21.5. The Bertz CT molecular complexity index is 1000. The molecule has 0 radical (unpaired) electrons. The Morgan fingerprint density at radius 2 is 2.07 bits per heavy atom. The van der Waals surface area contributed by atoms with E-state index in [1.54, 1.807) is 31.3 Å². The number of amides is 2. The van der Waals surface area contributed by atoms with E-state index < -0.39 is 17.4 Å². The van der Waals surface area contributed by atoms with Gasteiger partial charge in [-0.3, -0.25) is 14.4 Å². The maximum Gasteiger partial charge on any atom is 0.263 e. The van der Waals surface area contributed by atoms with Crippen molar-refractivity contribution in [2.24, 2.45) is 11.7 Å². The predicted molar refractivity (Wildman–Crippen MR) is 108 cm³/mol. The van der Waals surface area contributed by atoms with Gasteiger partial charge in [-0.05, 0) is 30.2 Å². The fraction of sp³-hybridized carbons (Fsp3) is 0.381. The van der Waals surface area contributed by atoms with Crippen LogP contribution in [-0.2, 0) is 6.54 Å². The second-order valence-corrected chi connectivity index (χ2v) is 7.32. The van der Waals surface area contributed by atoms with Crippen LogP contribution in [0.5, 0.6) is 5.75 Å². The minimum Gasteiger partial charge on any atom is -0.491 e. The average Bonchev–Trinajstić information content (AvgIpc) is 3.52. The number of rotatable bonds is 9. The molecule has 0 unspecified atom stereocenters. The van der Waals surface area contributed by atoms with Crippen LogP contribution in [-0.4, -0.2) is 64.4 Å². The van der Waals surface area contributed by atoms with Gasteiger partial charge in [-0.15, -0.1) is 0 Å². The van der Waals surface area contributed by atoms with Crippen LogP contribution >= 0.6 is 0 Å². The van der Waals surface area contributed by atoms with Crippen LogP contribution in [0.25, 0.3) is 0 Å². The van der Waals surface area contributed by atoms with Crippen LogP contribution in [0.4, 0.5) is 0 Å². The summed E-state index contributed by atoms with van der Waals surface area (Å²) >= 11 is 0. The monoisotopic (exact) mass is 415 g/mol. The van der Waals surface area contributed by atoms with Crippen LogP contribution in [0.1, 0.15) is 32.7 Å². The van der Waals surface area contributed by atoms with Gasteiger partial charge >= 0.3 is 0 Å². The molecular formula is C21H25N3O6. The Kier molecular flexibility index (Phi) is 6.53. The van der Waals surface area contributed by atoms with Crippen molar-refractivity contribution in [3.8, 4) is 5.75 Å². The zero-order valence-corrected chi connectivity index (χ0v) is 16.7. The minimum atomic E-state index is -0.750. The highest BCUT2D eigenvalue weighted by Crippen LogP contribution is 2.34. The maximum atomic E-state index is 13.0. The molecule has 3 rings (SSSR count). The second-order valence-electron chi connectivity index (χ2n) is 7.32. The Morgan fingerprint density at radius 3 is 2.70 bits per heavy atom. The van der Waals surface area contributed by atoms with Gasteiger partial charge < -0.3 is 30.2 Å². The van der Waals surface area contributed by atoms with Crippen molar-refractivity contribution in [2.45, 2.75) is 19.0 Å². The number of hydrogen-bond donors (Lipinski definition) is 3. The number of primary amides is 1. The van der Waals surface area contributed by atoms with E-state index in [1.165, 1.54) is 21.7 Å². The Morgan fingerprint density at radius 1 is 1.30 bits per heavy atom. The van der Waals surface area contributed by atoms with Gasteiger partial charge in [0, 0.05) is 31.8 Å². The van der Waals surface area contributed by atoms with Crippen molar-refractivity contribution < 1.29 is 24.5 Å². The number of nitrogens with zero attached hydrogens (tertiary/aromatic N) is 2. The van der Waals surface area contributed by atoms with Crippen LogP contribution in [0.2, 0.25) is 0 Å². The molecule has 0 spiro atoms. The third-order valence-electron chi connectivity index (χ3n) is 5.15. The molecule has 1 aromatic heterocycles. The quantitative estimate of drug-likeness (QED) is 0.520. The molecule has 1 heterocycles. The summed E-state index contributed by atoms with van der Waals surface area (Å²) in [4.78, 5) is 39.1. The van der Waals surface area contributed by atoms with Gasteiger partial charge in [0.05, 0.1) is 18.7 Å². The average molecular weight is 415 g/mol. The molecule has 9 heteroatoms. The fourth-order valence-corrected chi connectivity index (χ4v) is 3.38. The highest BCUT2D eigenvalue weighted by atomic mass is 16.5. The SMILES string of the molecule is CN(C(=O)c1cc(C(N)=O)cn(Cc2cccc(OCCO)c2)c1=O)[C@H]1C[C@@H]1CO. The Labute approximate surface area is 173 Å². The van der Waals surface area contributed by atoms with Gasteiger partial charge in [0.1, 0.15) is 17.9 Å². The van der Waals surface area contributed by atoms with E-state index in [0.717, 1.165) is 0 Å². The van der Waals surface area contributed by atoms with Gasteiger partial charge in [-0.2, -0.15) is 0 Å². The number of ether oxygens (including phenoxy) is 1. The lowest BCUT2D eigenvalue weighted by atomic mass is 10.1. The van der Waals surface area contributed by atoms with Gasteiger partial charge in [0.15, 0.2) is 0 Å². The lowest BCUT2D eigenvalue weighted by Crippen LogP contribution is -2.37. The summed E-state index contributed by atoms with van der Waals surface area (Å²) in [6.07, 6.45) is 2.00. The summed E-state index contributed by atoms with van der Waals surface area (Å²) in [5.74, 6) is -0.736. The van der Waals surface area contributed by atoms with Crippen LogP contribution in [0, 0.1) is 5.92 Å². The molecule has 1 fully saturated rings. The van der Waals surface area contributed by atoms with Crippen LogP contribution in [0.15, 0.2) is 41.3 Å². The van der Waals surface area contributed by atoms with E-state index in [4.69, 9.17) is 15.6 Å². The number of pyridine rings is 1. The van der Waals surface area contributed by atoms with Crippen molar-refractivity contribution in [2.75, 3.05) is 26.9 Å². The molecule has 1 aliphatic rings. The van der Waals surface area contributed by atoms with Crippen molar-refractivity contribution in [1.29, 1.82) is 0 Å². The number of hydrogen-bond acceptors (Lipinski definition) is 6. The maximum absolute atomic E-state index is 13.0. The molecule has 1 saturated carbocycles. The number of benzene rings is 1. The molecule has 4 N–H and O–H groups in total. The summed E-state index contributed by atoms with van der Waals surface area (Å²) < 4.78 is 6.65. The van der Waals surface area contributed by atoms with E-state index in [2.05, 4.69) is 0 Å². The first-order valence-electron chi connectivity index (χ1n) is 9.60. The number of aliphatic hydroxyl groups excluding tert-OH is 2. The number of aromatic nitrogens is 1. The van der Waals surface area contributed by atoms with Gasteiger partial charge in [-0.1, -0.05) is 12.1 Å². The topological polar surface area (TPSA) is 135 Å². The van der Waals surface area contributed by atoms with Gasteiger partial charge in [0.2, 0.25) is 5.91 Å². The van der Waals surface area contributed by atoms with Gasteiger partial charge in [-0.25, -0.2) is 0 Å². The Balaban J connectivity index is 1.92. The van der Waals surface area contributed by atoms with Crippen molar-refractivity contribution in [3.05, 3.63) is 63.6 Å². The summed E-state index contributed by atoms with van der Waals surface area (Å²) in [6.45, 7) is 0.0918. The first-order chi connectivity index (χ1) is 14.3. The molecule has 2 aromatic rings.